The molecule has 3 nitrogen and oxygen atoms in total. The fourth-order valence-corrected chi connectivity index (χ4v) is 1.44. The number of pyridine rings is 1. The Hall–Kier alpha value is -1.30. The molecule has 6 heteroatoms. The van der Waals surface area contributed by atoms with Crippen molar-refractivity contribution in [3.05, 3.63) is 24.0 Å². The van der Waals surface area contributed by atoms with Gasteiger partial charge in [-0.15, -0.1) is 0 Å². The molecule has 0 bridgehead atoms. The molecule has 0 radical (unpaired) electrons. The average Bonchev–Trinajstić information content (AvgIpc) is 2.12. The molecule has 1 aromatic rings. The number of aromatic nitrogens is 1. The van der Waals surface area contributed by atoms with Crippen LogP contribution in [0.25, 0.3) is 0 Å². The van der Waals surface area contributed by atoms with Crippen molar-refractivity contribution in [2.75, 3.05) is 18.0 Å². The zero-order valence-corrected chi connectivity index (χ0v) is 7.70. The first-order valence-corrected chi connectivity index (χ1v) is 4.43. The third-order valence-electron chi connectivity index (χ3n) is 2.26. The highest BCUT2D eigenvalue weighted by Gasteiger charge is 2.33. The van der Waals surface area contributed by atoms with E-state index in [9.17, 15) is 13.2 Å². The van der Waals surface area contributed by atoms with Gasteiger partial charge in [-0.3, -0.25) is 4.98 Å². The third-order valence-corrected chi connectivity index (χ3v) is 2.26. The largest absolute Gasteiger partial charge is 0.433 e. The molecule has 1 fully saturated rings. The van der Waals surface area contributed by atoms with Crippen molar-refractivity contribution in [1.82, 2.24) is 4.98 Å². The highest BCUT2D eigenvalue weighted by molar-refractivity contribution is 5.49. The third kappa shape index (κ3) is 2.04. The molecule has 0 aromatic carbocycles. The smallest absolute Gasteiger partial charge is 0.389 e. The number of nitrogens with zero attached hydrogens (tertiary/aromatic N) is 2. The number of aliphatic hydroxyl groups is 1. The van der Waals surface area contributed by atoms with E-state index in [-0.39, 0.29) is 0 Å². The lowest BCUT2D eigenvalue weighted by atomic mass is 10.1. The van der Waals surface area contributed by atoms with Crippen molar-refractivity contribution in [2.24, 2.45) is 0 Å². The van der Waals surface area contributed by atoms with Gasteiger partial charge < -0.3 is 10.0 Å². The van der Waals surface area contributed by atoms with E-state index in [2.05, 4.69) is 4.98 Å². The van der Waals surface area contributed by atoms with Gasteiger partial charge in [-0.1, -0.05) is 0 Å². The SMILES string of the molecule is OC1CN(c2ccnc(C(F)(F)F)c2)C1. The quantitative estimate of drug-likeness (QED) is 0.771. The van der Waals surface area contributed by atoms with E-state index in [0.29, 0.717) is 18.8 Å². The van der Waals surface area contributed by atoms with Gasteiger partial charge >= 0.3 is 6.18 Å². The number of hydrogen-bond acceptors (Lipinski definition) is 3. The van der Waals surface area contributed by atoms with E-state index in [4.69, 9.17) is 5.11 Å². The molecular weight excluding hydrogens is 209 g/mol. The highest BCUT2D eigenvalue weighted by atomic mass is 19.4. The molecule has 0 amide bonds. The second-order valence-corrected chi connectivity index (χ2v) is 3.46. The predicted molar refractivity (Wildman–Crippen MR) is 47.5 cm³/mol. The molecule has 1 aromatic heterocycles. The van der Waals surface area contributed by atoms with Crippen molar-refractivity contribution in [2.45, 2.75) is 12.3 Å². The molecule has 1 N–H and O–H groups in total. The Morgan fingerprint density at radius 2 is 2.07 bits per heavy atom. The van der Waals surface area contributed by atoms with Crippen LogP contribution in [0.3, 0.4) is 0 Å². The lowest BCUT2D eigenvalue weighted by Crippen LogP contribution is -2.50. The van der Waals surface area contributed by atoms with Crippen LogP contribution in [0.5, 0.6) is 0 Å². The second-order valence-electron chi connectivity index (χ2n) is 3.46. The Kier molecular flexibility index (Phi) is 2.30. The molecular formula is C9H9F3N2O. The zero-order valence-electron chi connectivity index (χ0n) is 7.70. The predicted octanol–water partition coefficient (Wildman–Crippen LogP) is 1.28. The molecule has 1 saturated heterocycles. The fourth-order valence-electron chi connectivity index (χ4n) is 1.44. The Balaban J connectivity index is 2.20. The summed E-state index contributed by atoms with van der Waals surface area (Å²) in [5, 5.41) is 9.03. The van der Waals surface area contributed by atoms with Crippen molar-refractivity contribution < 1.29 is 18.3 Å². The summed E-state index contributed by atoms with van der Waals surface area (Å²) in [7, 11) is 0. The maximum Gasteiger partial charge on any atom is 0.433 e. The van der Waals surface area contributed by atoms with Gasteiger partial charge in [0.05, 0.1) is 6.10 Å². The van der Waals surface area contributed by atoms with Crippen LogP contribution < -0.4 is 4.90 Å². The van der Waals surface area contributed by atoms with Gasteiger partial charge in [0.25, 0.3) is 0 Å². The van der Waals surface area contributed by atoms with Crippen LogP contribution >= 0.6 is 0 Å². The zero-order chi connectivity index (χ0) is 11.1. The summed E-state index contributed by atoms with van der Waals surface area (Å²) in [4.78, 5) is 4.92. The minimum atomic E-state index is -4.42. The molecule has 15 heavy (non-hydrogen) atoms. The topological polar surface area (TPSA) is 36.4 Å². The average molecular weight is 218 g/mol. The molecule has 1 aliphatic heterocycles. The Morgan fingerprint density at radius 1 is 1.40 bits per heavy atom. The molecule has 0 saturated carbocycles. The number of β-amino-alcohol motifs (C(OH)–C–C–N with tert-alkyl or cyclic N) is 1. The summed E-state index contributed by atoms with van der Waals surface area (Å²) in [6.45, 7) is 0.753. The molecule has 0 unspecified atom stereocenters. The van der Waals surface area contributed by atoms with E-state index >= 15 is 0 Å². The van der Waals surface area contributed by atoms with Crippen molar-refractivity contribution in [1.29, 1.82) is 0 Å². The summed E-state index contributed by atoms with van der Waals surface area (Å²) in [6, 6.07) is 2.49. The fraction of sp³-hybridized carbons (Fsp3) is 0.444. The molecule has 2 rings (SSSR count). The number of anilines is 1. The van der Waals surface area contributed by atoms with Crippen LogP contribution in [0.4, 0.5) is 18.9 Å². The molecule has 82 valence electrons. The van der Waals surface area contributed by atoms with Crippen LogP contribution in [0, 0.1) is 0 Å². The van der Waals surface area contributed by atoms with Gasteiger partial charge in [0.2, 0.25) is 0 Å². The summed E-state index contributed by atoms with van der Waals surface area (Å²) in [5.41, 5.74) is -0.455. The van der Waals surface area contributed by atoms with Crippen LogP contribution in [0.1, 0.15) is 5.69 Å². The van der Waals surface area contributed by atoms with Gasteiger partial charge in [-0.05, 0) is 12.1 Å². The number of aliphatic hydroxyl groups excluding tert-OH is 1. The molecule has 0 spiro atoms. The molecule has 2 heterocycles. The van der Waals surface area contributed by atoms with Crippen molar-refractivity contribution in [3.8, 4) is 0 Å². The maximum atomic E-state index is 12.3. The van der Waals surface area contributed by atoms with E-state index < -0.39 is 18.0 Å². The van der Waals surface area contributed by atoms with Gasteiger partial charge in [0.15, 0.2) is 0 Å². The van der Waals surface area contributed by atoms with E-state index in [1.54, 1.807) is 4.90 Å². The van der Waals surface area contributed by atoms with E-state index in [1.807, 2.05) is 0 Å². The monoisotopic (exact) mass is 218 g/mol. The van der Waals surface area contributed by atoms with Crippen LogP contribution in [-0.2, 0) is 6.18 Å². The summed E-state index contributed by atoms with van der Waals surface area (Å²) in [6.07, 6.45) is -3.73. The minimum Gasteiger partial charge on any atom is -0.389 e. The van der Waals surface area contributed by atoms with Crippen LogP contribution in [0.15, 0.2) is 18.3 Å². The number of halogens is 3. The second kappa shape index (κ2) is 3.37. The van der Waals surface area contributed by atoms with Gasteiger partial charge in [0.1, 0.15) is 5.69 Å². The number of rotatable bonds is 1. The molecule has 0 aliphatic carbocycles. The molecule has 0 atom stereocenters. The summed E-state index contributed by atoms with van der Waals surface area (Å²) < 4.78 is 36.9. The van der Waals surface area contributed by atoms with Crippen LogP contribution in [-0.4, -0.2) is 29.3 Å². The first-order valence-electron chi connectivity index (χ1n) is 4.43. The summed E-state index contributed by atoms with van der Waals surface area (Å²) in [5.74, 6) is 0. The van der Waals surface area contributed by atoms with Crippen molar-refractivity contribution >= 4 is 5.69 Å². The van der Waals surface area contributed by atoms with Crippen LogP contribution in [0.2, 0.25) is 0 Å². The lowest BCUT2D eigenvalue weighted by Gasteiger charge is -2.37. The number of alkyl halides is 3. The van der Waals surface area contributed by atoms with E-state index in [0.717, 1.165) is 12.3 Å². The van der Waals surface area contributed by atoms with E-state index in [1.165, 1.54) is 6.07 Å². The Morgan fingerprint density at radius 3 is 2.60 bits per heavy atom. The first-order chi connectivity index (χ1) is 6.97. The first kappa shape index (κ1) is 10.2. The Labute approximate surface area is 84.2 Å². The maximum absolute atomic E-state index is 12.3. The van der Waals surface area contributed by atoms with Gasteiger partial charge in [-0.2, -0.15) is 13.2 Å². The minimum absolute atomic E-state index is 0.376. The molecule has 1 aliphatic rings. The van der Waals surface area contributed by atoms with Gasteiger partial charge in [-0.25, -0.2) is 0 Å². The highest BCUT2D eigenvalue weighted by Crippen LogP contribution is 2.30. The normalized spacial score (nSPS) is 17.7. The lowest BCUT2D eigenvalue weighted by molar-refractivity contribution is -0.141. The Bertz CT molecular complexity index is 361. The van der Waals surface area contributed by atoms with Crippen molar-refractivity contribution in [3.63, 3.8) is 0 Å². The van der Waals surface area contributed by atoms with Gasteiger partial charge in [0, 0.05) is 25.0 Å². The summed E-state index contributed by atoms with van der Waals surface area (Å²) >= 11 is 0. The number of hydrogen-bond donors (Lipinski definition) is 1. The standard InChI is InChI=1S/C9H9F3N2O/c10-9(11,12)8-3-6(1-2-13-8)14-4-7(15)5-14/h1-3,7,15H,4-5H2.